The van der Waals surface area contributed by atoms with E-state index < -0.39 is 0 Å². The lowest BCUT2D eigenvalue weighted by molar-refractivity contribution is 0.321. The average molecular weight is 216 g/mol. The molecule has 1 rings (SSSR count). The van der Waals surface area contributed by atoms with Crippen molar-refractivity contribution in [2.75, 3.05) is 14.2 Å². The summed E-state index contributed by atoms with van der Waals surface area (Å²) in [7, 11) is 3.03. The Hall–Kier alpha value is -1.42. The highest BCUT2D eigenvalue weighted by Gasteiger charge is 2.07. The van der Waals surface area contributed by atoms with E-state index in [0.29, 0.717) is 22.1 Å². The molecule has 0 saturated carbocycles. The standard InChI is InChI=1S/C9H10ClNO3/c1-13-8-4-9(14-2)7(10)3-6(8)5-11-12/h3-5,12H,1-2H3/b11-5-. The van der Waals surface area contributed by atoms with E-state index >= 15 is 0 Å². The predicted octanol–water partition coefficient (Wildman–Crippen LogP) is 2.17. The molecule has 1 N–H and O–H groups in total. The van der Waals surface area contributed by atoms with Gasteiger partial charge in [-0.05, 0) is 6.07 Å². The molecule has 0 fully saturated rings. The van der Waals surface area contributed by atoms with Crippen LogP contribution in [0.1, 0.15) is 5.56 Å². The maximum Gasteiger partial charge on any atom is 0.141 e. The SMILES string of the molecule is COc1cc(OC)c(/C=N\O)cc1Cl. The molecule has 0 amide bonds. The van der Waals surface area contributed by atoms with Crippen LogP contribution in [0.5, 0.6) is 11.5 Å². The minimum Gasteiger partial charge on any atom is -0.496 e. The van der Waals surface area contributed by atoms with Gasteiger partial charge in [0, 0.05) is 11.6 Å². The molecular weight excluding hydrogens is 206 g/mol. The first-order valence-electron chi connectivity index (χ1n) is 3.82. The van der Waals surface area contributed by atoms with Gasteiger partial charge in [0.15, 0.2) is 0 Å². The Bertz CT molecular complexity index is 352. The fourth-order valence-electron chi connectivity index (χ4n) is 1.05. The van der Waals surface area contributed by atoms with Gasteiger partial charge >= 0.3 is 0 Å². The Morgan fingerprint density at radius 2 is 1.93 bits per heavy atom. The van der Waals surface area contributed by atoms with Crippen LogP contribution >= 0.6 is 11.6 Å². The molecule has 0 saturated heterocycles. The van der Waals surface area contributed by atoms with E-state index in [-0.39, 0.29) is 0 Å². The number of halogens is 1. The number of ether oxygens (including phenoxy) is 2. The third kappa shape index (κ3) is 2.09. The fraction of sp³-hybridized carbons (Fsp3) is 0.222. The lowest BCUT2D eigenvalue weighted by atomic mass is 10.2. The molecule has 0 heterocycles. The van der Waals surface area contributed by atoms with Gasteiger partial charge < -0.3 is 14.7 Å². The molecule has 4 nitrogen and oxygen atoms in total. The van der Waals surface area contributed by atoms with Crippen molar-refractivity contribution in [3.8, 4) is 11.5 Å². The predicted molar refractivity (Wildman–Crippen MR) is 53.9 cm³/mol. The van der Waals surface area contributed by atoms with Crippen LogP contribution in [0.25, 0.3) is 0 Å². The maximum atomic E-state index is 8.40. The second-order valence-electron chi connectivity index (χ2n) is 2.47. The zero-order valence-corrected chi connectivity index (χ0v) is 8.58. The summed E-state index contributed by atoms with van der Waals surface area (Å²) in [5.74, 6) is 1.04. The van der Waals surface area contributed by atoms with Gasteiger partial charge in [-0.3, -0.25) is 0 Å². The van der Waals surface area contributed by atoms with Crippen LogP contribution in [0.2, 0.25) is 5.02 Å². The number of hydrogen-bond donors (Lipinski definition) is 1. The molecule has 0 bridgehead atoms. The lowest BCUT2D eigenvalue weighted by Crippen LogP contribution is -1.93. The van der Waals surface area contributed by atoms with Crippen LogP contribution in [0, 0.1) is 0 Å². The first-order chi connectivity index (χ1) is 6.72. The zero-order chi connectivity index (χ0) is 10.6. The van der Waals surface area contributed by atoms with Crippen molar-refractivity contribution in [1.82, 2.24) is 0 Å². The van der Waals surface area contributed by atoms with Crippen LogP contribution in [0.3, 0.4) is 0 Å². The van der Waals surface area contributed by atoms with E-state index in [0.717, 1.165) is 0 Å². The van der Waals surface area contributed by atoms with Crippen LogP contribution in [0.4, 0.5) is 0 Å². The smallest absolute Gasteiger partial charge is 0.141 e. The van der Waals surface area contributed by atoms with Gasteiger partial charge in [-0.15, -0.1) is 0 Å². The second kappa shape index (κ2) is 4.72. The number of benzene rings is 1. The minimum atomic E-state index is 0.434. The maximum absolute atomic E-state index is 8.40. The Morgan fingerprint density at radius 3 is 2.43 bits per heavy atom. The Balaban J connectivity index is 3.24. The van der Waals surface area contributed by atoms with Crippen LogP contribution in [-0.2, 0) is 0 Å². The van der Waals surface area contributed by atoms with Crippen molar-refractivity contribution >= 4 is 17.8 Å². The molecule has 1 aromatic carbocycles. The van der Waals surface area contributed by atoms with Gasteiger partial charge in [0.1, 0.15) is 11.5 Å². The van der Waals surface area contributed by atoms with E-state index in [1.165, 1.54) is 20.4 Å². The Labute approximate surface area is 86.7 Å². The van der Waals surface area contributed by atoms with Crippen LogP contribution in [0.15, 0.2) is 17.3 Å². The number of hydrogen-bond acceptors (Lipinski definition) is 4. The van der Waals surface area contributed by atoms with Crippen molar-refractivity contribution in [2.45, 2.75) is 0 Å². The summed E-state index contributed by atoms with van der Waals surface area (Å²) in [5, 5.41) is 11.7. The van der Waals surface area contributed by atoms with Gasteiger partial charge in [-0.1, -0.05) is 16.8 Å². The lowest BCUT2D eigenvalue weighted by Gasteiger charge is -2.08. The average Bonchev–Trinajstić information content (AvgIpc) is 2.19. The van der Waals surface area contributed by atoms with Crippen molar-refractivity contribution in [3.05, 3.63) is 22.7 Å². The molecule has 0 aliphatic carbocycles. The monoisotopic (exact) mass is 215 g/mol. The number of nitrogens with zero attached hydrogens (tertiary/aromatic N) is 1. The summed E-state index contributed by atoms with van der Waals surface area (Å²) in [6.45, 7) is 0. The fourth-order valence-corrected chi connectivity index (χ4v) is 1.30. The minimum absolute atomic E-state index is 0.434. The molecule has 0 aliphatic heterocycles. The first kappa shape index (κ1) is 10.7. The summed E-state index contributed by atoms with van der Waals surface area (Å²) in [6, 6.07) is 3.22. The zero-order valence-electron chi connectivity index (χ0n) is 7.82. The van der Waals surface area contributed by atoms with Gasteiger partial charge in [0.05, 0.1) is 25.5 Å². The van der Waals surface area contributed by atoms with Crippen molar-refractivity contribution in [2.24, 2.45) is 5.16 Å². The van der Waals surface area contributed by atoms with E-state index in [2.05, 4.69) is 5.16 Å². The van der Waals surface area contributed by atoms with E-state index in [4.69, 9.17) is 26.3 Å². The van der Waals surface area contributed by atoms with E-state index in [1.807, 2.05) is 0 Å². The summed E-state index contributed by atoms with van der Waals surface area (Å²) in [4.78, 5) is 0. The summed E-state index contributed by atoms with van der Waals surface area (Å²) >= 11 is 5.87. The molecular formula is C9H10ClNO3. The number of methoxy groups -OCH3 is 2. The molecule has 5 heteroatoms. The molecule has 1 aromatic rings. The molecule has 76 valence electrons. The summed E-state index contributed by atoms with van der Waals surface area (Å²) in [6.07, 6.45) is 1.24. The molecule has 0 unspecified atom stereocenters. The topological polar surface area (TPSA) is 51.0 Å². The van der Waals surface area contributed by atoms with Crippen molar-refractivity contribution in [3.63, 3.8) is 0 Å². The normalized spacial score (nSPS) is 10.5. The third-order valence-electron chi connectivity index (χ3n) is 1.70. The number of rotatable bonds is 3. The second-order valence-corrected chi connectivity index (χ2v) is 2.88. The first-order valence-corrected chi connectivity index (χ1v) is 4.19. The van der Waals surface area contributed by atoms with E-state index in [1.54, 1.807) is 12.1 Å². The van der Waals surface area contributed by atoms with Gasteiger partial charge in [-0.25, -0.2) is 0 Å². The van der Waals surface area contributed by atoms with Crippen molar-refractivity contribution in [1.29, 1.82) is 0 Å². The Kier molecular flexibility index (Phi) is 3.59. The molecule has 0 spiro atoms. The van der Waals surface area contributed by atoms with E-state index in [9.17, 15) is 0 Å². The van der Waals surface area contributed by atoms with Crippen LogP contribution < -0.4 is 9.47 Å². The molecule has 0 aliphatic rings. The molecule has 14 heavy (non-hydrogen) atoms. The van der Waals surface area contributed by atoms with Gasteiger partial charge in [-0.2, -0.15) is 0 Å². The summed E-state index contributed by atoms with van der Waals surface area (Å²) < 4.78 is 10.1. The largest absolute Gasteiger partial charge is 0.496 e. The highest BCUT2D eigenvalue weighted by Crippen LogP contribution is 2.31. The Morgan fingerprint density at radius 1 is 1.29 bits per heavy atom. The highest BCUT2D eigenvalue weighted by atomic mass is 35.5. The van der Waals surface area contributed by atoms with Crippen molar-refractivity contribution < 1.29 is 14.7 Å². The highest BCUT2D eigenvalue weighted by molar-refractivity contribution is 6.32. The molecule has 0 aromatic heterocycles. The summed E-state index contributed by atoms with van der Waals surface area (Å²) in [5.41, 5.74) is 0.584. The van der Waals surface area contributed by atoms with Crippen LogP contribution in [-0.4, -0.2) is 25.6 Å². The quantitative estimate of drug-likeness (QED) is 0.478. The third-order valence-corrected chi connectivity index (χ3v) is 2.00. The van der Waals surface area contributed by atoms with Gasteiger partial charge in [0.2, 0.25) is 0 Å². The molecule has 0 atom stereocenters. The number of oxime groups is 1. The van der Waals surface area contributed by atoms with Gasteiger partial charge in [0.25, 0.3) is 0 Å². The molecule has 0 radical (unpaired) electrons.